The highest BCUT2D eigenvalue weighted by molar-refractivity contribution is 5.66. The summed E-state index contributed by atoms with van der Waals surface area (Å²) >= 11 is 0. The summed E-state index contributed by atoms with van der Waals surface area (Å²) < 4.78 is 11.0. The number of unbranched alkanes of at least 4 members (excludes halogenated alkanes) is 1. The van der Waals surface area contributed by atoms with Gasteiger partial charge in [-0.2, -0.15) is 4.98 Å². The Hall–Kier alpha value is -1.56. The van der Waals surface area contributed by atoms with Crippen molar-refractivity contribution >= 4 is 11.5 Å². The summed E-state index contributed by atoms with van der Waals surface area (Å²) in [5.74, 6) is 1.85. The fourth-order valence-electron chi connectivity index (χ4n) is 1.76. The molecule has 0 saturated heterocycles. The molecule has 21 heavy (non-hydrogen) atoms. The Balaban J connectivity index is 2.48. The van der Waals surface area contributed by atoms with Crippen LogP contribution in [0.4, 0.5) is 11.5 Å². The third kappa shape index (κ3) is 6.16. The largest absolute Gasteiger partial charge is 0.476 e. The molecule has 0 aromatic carbocycles. The number of rotatable bonds is 11. The quantitative estimate of drug-likeness (QED) is 0.611. The molecule has 3 N–H and O–H groups in total. The Morgan fingerprint density at radius 3 is 2.52 bits per heavy atom. The van der Waals surface area contributed by atoms with Gasteiger partial charge < -0.3 is 20.5 Å². The van der Waals surface area contributed by atoms with E-state index in [0.717, 1.165) is 51.3 Å². The first-order valence-electron chi connectivity index (χ1n) is 7.83. The molecule has 120 valence electrons. The van der Waals surface area contributed by atoms with Gasteiger partial charge in [0.2, 0.25) is 5.88 Å². The van der Waals surface area contributed by atoms with E-state index in [1.54, 1.807) is 0 Å². The highest BCUT2D eigenvalue weighted by Crippen LogP contribution is 2.26. The lowest BCUT2D eigenvalue weighted by Gasteiger charge is -2.13. The predicted molar refractivity (Wildman–Crippen MR) is 85.8 cm³/mol. The first kappa shape index (κ1) is 17.5. The van der Waals surface area contributed by atoms with Gasteiger partial charge in [0, 0.05) is 26.2 Å². The number of hydrogen-bond acceptors (Lipinski definition) is 6. The van der Waals surface area contributed by atoms with E-state index in [2.05, 4.69) is 22.2 Å². The highest BCUT2D eigenvalue weighted by Gasteiger charge is 2.11. The van der Waals surface area contributed by atoms with Gasteiger partial charge in [0.15, 0.2) is 5.82 Å². The van der Waals surface area contributed by atoms with Gasteiger partial charge in [-0.3, -0.25) is 0 Å². The lowest BCUT2D eigenvalue weighted by molar-refractivity contribution is 0.131. The lowest BCUT2D eigenvalue weighted by atomic mass is 10.3. The van der Waals surface area contributed by atoms with E-state index in [4.69, 9.17) is 15.2 Å². The van der Waals surface area contributed by atoms with E-state index < -0.39 is 0 Å². The minimum atomic E-state index is 0.464. The van der Waals surface area contributed by atoms with Crippen LogP contribution < -0.4 is 15.8 Å². The number of anilines is 2. The molecule has 0 aliphatic carbocycles. The fourth-order valence-corrected chi connectivity index (χ4v) is 1.76. The smallest absolute Gasteiger partial charge is 0.242 e. The standard InChI is InChI=1S/C15H28N4O2/c1-4-7-10-20-11-8-9-17-14-13(16)15(21-6-3)19-12(5-2)18-14/h4-11,16H2,1-3H3,(H,17,18,19). The van der Waals surface area contributed by atoms with Crippen LogP contribution in [0.25, 0.3) is 0 Å². The van der Waals surface area contributed by atoms with Gasteiger partial charge >= 0.3 is 0 Å². The van der Waals surface area contributed by atoms with Crippen molar-refractivity contribution in [2.75, 3.05) is 37.4 Å². The molecule has 0 unspecified atom stereocenters. The van der Waals surface area contributed by atoms with Crippen molar-refractivity contribution in [2.24, 2.45) is 0 Å². The Bertz CT molecular complexity index is 413. The van der Waals surface area contributed by atoms with Crippen LogP contribution in [0.2, 0.25) is 0 Å². The monoisotopic (exact) mass is 296 g/mol. The van der Waals surface area contributed by atoms with Crippen LogP contribution in [-0.4, -0.2) is 36.3 Å². The summed E-state index contributed by atoms with van der Waals surface area (Å²) in [5.41, 5.74) is 6.50. The summed E-state index contributed by atoms with van der Waals surface area (Å²) in [4.78, 5) is 8.71. The second-order valence-corrected chi connectivity index (χ2v) is 4.74. The molecular formula is C15H28N4O2. The zero-order chi connectivity index (χ0) is 15.5. The molecule has 1 aromatic heterocycles. The van der Waals surface area contributed by atoms with Crippen molar-refractivity contribution in [1.82, 2.24) is 9.97 Å². The number of ether oxygens (including phenoxy) is 2. The highest BCUT2D eigenvalue weighted by atomic mass is 16.5. The van der Waals surface area contributed by atoms with Gasteiger partial charge in [-0.05, 0) is 19.8 Å². The zero-order valence-corrected chi connectivity index (χ0v) is 13.4. The number of nitrogens with two attached hydrogens (primary N) is 1. The van der Waals surface area contributed by atoms with E-state index in [-0.39, 0.29) is 0 Å². The maximum absolute atomic E-state index is 6.03. The normalized spacial score (nSPS) is 10.6. The van der Waals surface area contributed by atoms with Gasteiger partial charge in [-0.15, -0.1) is 0 Å². The van der Waals surface area contributed by atoms with Gasteiger partial charge in [-0.1, -0.05) is 20.3 Å². The van der Waals surface area contributed by atoms with Gasteiger partial charge in [0.05, 0.1) is 6.61 Å². The summed E-state index contributed by atoms with van der Waals surface area (Å²) in [5, 5.41) is 3.24. The first-order chi connectivity index (χ1) is 10.2. The van der Waals surface area contributed by atoms with Crippen LogP contribution in [0, 0.1) is 0 Å². The minimum absolute atomic E-state index is 0.464. The van der Waals surface area contributed by atoms with Crippen LogP contribution in [0.15, 0.2) is 0 Å². The van der Waals surface area contributed by atoms with Gasteiger partial charge in [0.25, 0.3) is 0 Å². The van der Waals surface area contributed by atoms with Crippen LogP contribution in [0.3, 0.4) is 0 Å². The van der Waals surface area contributed by atoms with Crippen LogP contribution >= 0.6 is 0 Å². The van der Waals surface area contributed by atoms with Gasteiger partial charge in [-0.25, -0.2) is 4.98 Å². The number of nitrogen functional groups attached to an aromatic ring is 1. The minimum Gasteiger partial charge on any atom is -0.476 e. The zero-order valence-electron chi connectivity index (χ0n) is 13.4. The number of nitrogens with one attached hydrogen (secondary N) is 1. The Kier molecular flexibility index (Phi) is 8.50. The number of aromatic nitrogens is 2. The fraction of sp³-hybridized carbons (Fsp3) is 0.733. The van der Waals surface area contributed by atoms with E-state index >= 15 is 0 Å². The number of aryl methyl sites for hydroxylation is 1. The molecule has 0 amide bonds. The molecule has 0 aliphatic heterocycles. The van der Waals surface area contributed by atoms with Crippen molar-refractivity contribution in [2.45, 2.75) is 46.5 Å². The topological polar surface area (TPSA) is 82.3 Å². The van der Waals surface area contributed by atoms with Crippen LogP contribution in [0.1, 0.15) is 45.9 Å². The summed E-state index contributed by atoms with van der Waals surface area (Å²) in [6, 6.07) is 0. The average molecular weight is 296 g/mol. The molecule has 1 heterocycles. The maximum atomic E-state index is 6.03. The third-order valence-corrected chi connectivity index (χ3v) is 2.95. The first-order valence-corrected chi connectivity index (χ1v) is 7.83. The molecule has 6 heteroatoms. The molecule has 0 radical (unpaired) electrons. The van der Waals surface area contributed by atoms with E-state index in [1.165, 1.54) is 0 Å². The molecular weight excluding hydrogens is 268 g/mol. The molecule has 0 saturated carbocycles. The second kappa shape index (κ2) is 10.2. The van der Waals surface area contributed by atoms with Crippen molar-refractivity contribution in [3.63, 3.8) is 0 Å². The number of hydrogen-bond donors (Lipinski definition) is 2. The molecule has 0 spiro atoms. The molecule has 0 atom stereocenters. The molecule has 0 bridgehead atoms. The summed E-state index contributed by atoms with van der Waals surface area (Å²) in [6.07, 6.45) is 3.94. The SMILES string of the molecule is CCCCOCCCNc1nc(CC)nc(OCC)c1N. The van der Waals surface area contributed by atoms with Crippen LogP contribution in [-0.2, 0) is 11.2 Å². The van der Waals surface area contributed by atoms with Crippen molar-refractivity contribution < 1.29 is 9.47 Å². The van der Waals surface area contributed by atoms with Crippen molar-refractivity contribution in [3.05, 3.63) is 5.82 Å². The predicted octanol–water partition coefficient (Wildman–Crippen LogP) is 2.64. The van der Waals surface area contributed by atoms with E-state index in [1.807, 2.05) is 13.8 Å². The molecule has 0 aliphatic rings. The van der Waals surface area contributed by atoms with Gasteiger partial charge in [0.1, 0.15) is 11.5 Å². The number of nitrogens with zero attached hydrogens (tertiary/aromatic N) is 2. The Labute approximate surface area is 127 Å². The molecule has 1 rings (SSSR count). The summed E-state index contributed by atoms with van der Waals surface area (Å²) in [6.45, 7) is 8.96. The lowest BCUT2D eigenvalue weighted by Crippen LogP contribution is -2.12. The molecule has 0 fully saturated rings. The average Bonchev–Trinajstić information content (AvgIpc) is 2.49. The van der Waals surface area contributed by atoms with E-state index in [0.29, 0.717) is 24.0 Å². The van der Waals surface area contributed by atoms with Crippen molar-refractivity contribution in [1.29, 1.82) is 0 Å². The second-order valence-electron chi connectivity index (χ2n) is 4.74. The van der Waals surface area contributed by atoms with E-state index in [9.17, 15) is 0 Å². The Morgan fingerprint density at radius 2 is 1.86 bits per heavy atom. The molecule has 6 nitrogen and oxygen atoms in total. The van der Waals surface area contributed by atoms with Crippen molar-refractivity contribution in [3.8, 4) is 5.88 Å². The summed E-state index contributed by atoms with van der Waals surface area (Å²) in [7, 11) is 0. The third-order valence-electron chi connectivity index (χ3n) is 2.95. The maximum Gasteiger partial charge on any atom is 0.242 e. The van der Waals surface area contributed by atoms with Crippen LogP contribution in [0.5, 0.6) is 5.88 Å². The Morgan fingerprint density at radius 1 is 1.10 bits per heavy atom. The molecule has 1 aromatic rings.